The minimum atomic E-state index is -2.99. The summed E-state index contributed by atoms with van der Waals surface area (Å²) < 4.78 is 27.1. The smallest absolute Gasteiger partial charge is 0.289 e. The lowest BCUT2D eigenvalue weighted by Gasteiger charge is -2.37. The number of rotatable bonds is 14. The van der Waals surface area contributed by atoms with Crippen molar-refractivity contribution in [1.82, 2.24) is 36.1 Å². The van der Waals surface area contributed by atoms with Crippen molar-refractivity contribution in [2.45, 2.75) is 117 Å². The molecule has 0 bridgehead atoms. The van der Waals surface area contributed by atoms with E-state index in [-0.39, 0.29) is 36.0 Å². The molecule has 13 nitrogen and oxygen atoms in total. The van der Waals surface area contributed by atoms with Crippen LogP contribution in [0.5, 0.6) is 0 Å². The van der Waals surface area contributed by atoms with Gasteiger partial charge < -0.3 is 26.2 Å². The van der Waals surface area contributed by atoms with Crippen molar-refractivity contribution in [3.05, 3.63) is 24.3 Å². The molecule has 0 radical (unpaired) electrons. The molecule has 1 saturated carbocycles. The monoisotopic (exact) mass is 677 g/mol. The van der Waals surface area contributed by atoms with Crippen LogP contribution in [0, 0.1) is 23.2 Å². The lowest BCUT2D eigenvalue weighted by Crippen LogP contribution is -2.62. The number of Topliss-reactive ketones (excluding diaryl/α,β-unsaturated/α-hetero) is 1. The molecular weight excluding hydrogens is 628 g/mol. The van der Waals surface area contributed by atoms with Gasteiger partial charge in [0.25, 0.3) is 11.8 Å². The van der Waals surface area contributed by atoms with Gasteiger partial charge in [0.05, 0.1) is 6.20 Å². The molecule has 2 aliphatic rings. The Morgan fingerprint density at radius 1 is 0.979 bits per heavy atom. The maximum atomic E-state index is 14.3. The van der Waals surface area contributed by atoms with Gasteiger partial charge in [-0.1, -0.05) is 48.0 Å². The van der Waals surface area contributed by atoms with E-state index in [4.69, 9.17) is 0 Å². The molecule has 48 heavy (non-hydrogen) atoms. The van der Waals surface area contributed by atoms with Gasteiger partial charge in [0.1, 0.15) is 29.9 Å². The van der Waals surface area contributed by atoms with Gasteiger partial charge in [-0.2, -0.15) is 0 Å². The first-order valence-electron chi connectivity index (χ1n) is 16.6. The highest BCUT2D eigenvalue weighted by atomic mass is 19.3. The summed E-state index contributed by atoms with van der Waals surface area (Å²) in [5.74, 6) is -5.59. The molecule has 4 N–H and O–H groups in total. The summed E-state index contributed by atoms with van der Waals surface area (Å²) in [4.78, 5) is 89.4. The standard InChI is InChI=1S/C33H49F2N7O6/c1-8-18(4)38-31(47)26(43)21(14-23(34)35)39-30(46)25-20-11-9-10-19(20)16-42(25)32(48)27(33(5,6)7)41-29(45)24(17(2)3)40-28(44)22-15-36-12-13-37-22/h12-13,15,17-21,23-25,27H,8-11,14,16H2,1-7H3,(H,38,47)(H,39,46)(H,40,44)(H,41,45)/t18?,19-,20-,21-,24-,25-,27+/m0/s1. The normalized spacial score (nSPS) is 21.6. The number of nitrogens with zero attached hydrogens (tertiary/aromatic N) is 3. The van der Waals surface area contributed by atoms with Crippen molar-refractivity contribution >= 4 is 35.3 Å². The number of hydrogen-bond acceptors (Lipinski definition) is 8. The number of nitrogens with one attached hydrogen (secondary N) is 4. The van der Waals surface area contributed by atoms with Crippen LogP contribution in [0.15, 0.2) is 18.6 Å². The molecule has 1 aliphatic carbocycles. The Bertz CT molecular complexity index is 1340. The third kappa shape index (κ3) is 9.53. The van der Waals surface area contributed by atoms with E-state index in [1.165, 1.54) is 23.5 Å². The lowest BCUT2D eigenvalue weighted by atomic mass is 9.85. The van der Waals surface area contributed by atoms with Gasteiger partial charge in [0, 0.05) is 31.4 Å². The van der Waals surface area contributed by atoms with Crippen LogP contribution in [0.25, 0.3) is 0 Å². The van der Waals surface area contributed by atoms with E-state index in [1.807, 2.05) is 0 Å². The molecule has 1 saturated heterocycles. The summed E-state index contributed by atoms with van der Waals surface area (Å²) in [5, 5.41) is 10.3. The summed E-state index contributed by atoms with van der Waals surface area (Å²) in [5.41, 5.74) is -0.845. The maximum Gasteiger partial charge on any atom is 0.289 e. The fourth-order valence-electron chi connectivity index (χ4n) is 6.30. The van der Waals surface area contributed by atoms with Crippen molar-refractivity contribution < 1.29 is 37.5 Å². The van der Waals surface area contributed by atoms with Crippen LogP contribution < -0.4 is 21.3 Å². The van der Waals surface area contributed by atoms with Crippen molar-refractivity contribution in [2.24, 2.45) is 23.2 Å². The van der Waals surface area contributed by atoms with Gasteiger partial charge >= 0.3 is 0 Å². The fourth-order valence-corrected chi connectivity index (χ4v) is 6.30. The molecule has 0 aromatic carbocycles. The molecular formula is C33H49F2N7O6. The molecule has 2 heterocycles. The molecule has 7 atom stereocenters. The predicted molar refractivity (Wildman–Crippen MR) is 171 cm³/mol. The highest BCUT2D eigenvalue weighted by Crippen LogP contribution is 2.43. The van der Waals surface area contributed by atoms with E-state index in [9.17, 15) is 37.5 Å². The number of carbonyl (C=O) groups is 6. The Morgan fingerprint density at radius 2 is 1.67 bits per heavy atom. The number of hydrogen-bond donors (Lipinski definition) is 4. The molecule has 3 rings (SSSR count). The summed E-state index contributed by atoms with van der Waals surface area (Å²) in [6.45, 7) is 12.3. The molecule has 5 amide bonds. The van der Waals surface area contributed by atoms with Gasteiger partial charge in [-0.15, -0.1) is 0 Å². The third-order valence-corrected chi connectivity index (χ3v) is 9.13. The van der Waals surface area contributed by atoms with E-state index >= 15 is 0 Å². The predicted octanol–water partition coefficient (Wildman–Crippen LogP) is 2.01. The average molecular weight is 678 g/mol. The first kappa shape index (κ1) is 38.4. The van der Waals surface area contributed by atoms with Crippen LogP contribution in [0.1, 0.15) is 91.1 Å². The molecule has 1 aliphatic heterocycles. The quantitative estimate of drug-likeness (QED) is 0.216. The van der Waals surface area contributed by atoms with E-state index in [1.54, 1.807) is 48.5 Å². The Hall–Kier alpha value is -4.04. The Balaban J connectivity index is 1.86. The van der Waals surface area contributed by atoms with Gasteiger partial charge in [-0.3, -0.25) is 33.8 Å². The van der Waals surface area contributed by atoms with E-state index < -0.39 is 77.7 Å². The van der Waals surface area contributed by atoms with Crippen LogP contribution in [0.2, 0.25) is 0 Å². The highest BCUT2D eigenvalue weighted by molar-refractivity contribution is 6.38. The fraction of sp³-hybridized carbons (Fsp3) is 0.697. The van der Waals surface area contributed by atoms with Crippen LogP contribution in [-0.2, 0) is 24.0 Å². The number of fused-ring (bicyclic) bond motifs is 1. The SMILES string of the molecule is CCC(C)NC(=O)C(=O)[C@H](CC(F)F)NC(=O)[C@@H]1[C@H]2CCC[C@H]2CN1C(=O)[C@@H](NC(=O)[C@@H](NC(=O)c1cnccn1)C(C)C)C(C)(C)C. The van der Waals surface area contributed by atoms with Crippen molar-refractivity contribution in [3.63, 3.8) is 0 Å². The number of halogens is 2. The van der Waals surface area contributed by atoms with Gasteiger partial charge in [0.15, 0.2) is 0 Å². The first-order chi connectivity index (χ1) is 22.5. The molecule has 1 aromatic heterocycles. The number of likely N-dealkylation sites (tertiary alicyclic amines) is 1. The molecule has 0 spiro atoms. The van der Waals surface area contributed by atoms with Gasteiger partial charge in [0.2, 0.25) is 29.9 Å². The van der Waals surface area contributed by atoms with Crippen molar-refractivity contribution in [2.75, 3.05) is 6.54 Å². The van der Waals surface area contributed by atoms with Crippen LogP contribution in [-0.4, -0.2) is 93.4 Å². The molecule has 1 unspecified atom stereocenters. The highest BCUT2D eigenvalue weighted by Gasteiger charge is 2.52. The maximum absolute atomic E-state index is 14.3. The summed E-state index contributed by atoms with van der Waals surface area (Å²) in [6, 6.07) is -5.46. The third-order valence-electron chi connectivity index (χ3n) is 9.13. The summed E-state index contributed by atoms with van der Waals surface area (Å²) >= 11 is 0. The zero-order valence-electron chi connectivity index (χ0n) is 28.7. The molecule has 2 fully saturated rings. The van der Waals surface area contributed by atoms with Gasteiger partial charge in [-0.05, 0) is 49.4 Å². The largest absolute Gasteiger partial charge is 0.347 e. The first-order valence-corrected chi connectivity index (χ1v) is 16.6. The average Bonchev–Trinajstić information content (AvgIpc) is 3.62. The molecule has 266 valence electrons. The molecule has 1 aromatic rings. The second-order valence-electron chi connectivity index (χ2n) is 14.2. The topological polar surface area (TPSA) is 180 Å². The van der Waals surface area contributed by atoms with Crippen molar-refractivity contribution in [3.8, 4) is 0 Å². The second-order valence-corrected chi connectivity index (χ2v) is 14.2. The lowest BCUT2D eigenvalue weighted by molar-refractivity contribution is -0.146. The minimum Gasteiger partial charge on any atom is -0.347 e. The zero-order chi connectivity index (χ0) is 35.9. The van der Waals surface area contributed by atoms with E-state index in [0.29, 0.717) is 12.8 Å². The van der Waals surface area contributed by atoms with Crippen LogP contribution >= 0.6 is 0 Å². The summed E-state index contributed by atoms with van der Waals surface area (Å²) in [7, 11) is 0. The van der Waals surface area contributed by atoms with E-state index in [0.717, 1.165) is 12.8 Å². The second kappa shape index (κ2) is 16.4. The minimum absolute atomic E-state index is 0.0119. The van der Waals surface area contributed by atoms with Crippen molar-refractivity contribution in [1.29, 1.82) is 0 Å². The van der Waals surface area contributed by atoms with Gasteiger partial charge in [-0.25, -0.2) is 13.8 Å². The number of ketones is 1. The molecule has 15 heteroatoms. The van der Waals surface area contributed by atoms with E-state index in [2.05, 4.69) is 31.2 Å². The van der Waals surface area contributed by atoms with Crippen LogP contribution in [0.4, 0.5) is 8.78 Å². The number of amides is 5. The summed E-state index contributed by atoms with van der Waals surface area (Å²) in [6.07, 6.45) is 2.62. The Kier molecular flexibility index (Phi) is 13.1. The Labute approximate surface area is 280 Å². The zero-order valence-corrected chi connectivity index (χ0v) is 28.7. The number of aromatic nitrogens is 2. The number of carbonyl (C=O) groups excluding carboxylic acids is 6. The number of alkyl halides is 2. The Morgan fingerprint density at radius 3 is 2.23 bits per heavy atom. The van der Waals surface area contributed by atoms with Crippen LogP contribution in [0.3, 0.4) is 0 Å².